The molecule has 0 radical (unpaired) electrons. The lowest BCUT2D eigenvalue weighted by molar-refractivity contribution is -0.106. The summed E-state index contributed by atoms with van der Waals surface area (Å²) in [6, 6.07) is 0. The molecule has 1 aromatic rings. The van der Waals surface area contributed by atoms with Gasteiger partial charge < -0.3 is 9.47 Å². The van der Waals surface area contributed by atoms with Gasteiger partial charge in [0.1, 0.15) is 10.3 Å². The van der Waals surface area contributed by atoms with Gasteiger partial charge in [0.05, 0.1) is 5.56 Å². The quantitative estimate of drug-likeness (QED) is 0.364. The summed E-state index contributed by atoms with van der Waals surface area (Å²) in [4.78, 5) is 8.08. The number of rotatable bonds is 4. The van der Waals surface area contributed by atoms with Crippen LogP contribution in [-0.4, -0.2) is 30.4 Å². The normalized spacial score (nSPS) is 11.1. The predicted octanol–water partition coefficient (Wildman–Crippen LogP) is 2.80. The third kappa shape index (κ3) is 2.95. The van der Waals surface area contributed by atoms with Gasteiger partial charge in [-0.15, -0.1) is 0 Å². The summed E-state index contributed by atoms with van der Waals surface area (Å²) in [7, 11) is 2.98. The maximum atomic E-state index is 5.96. The lowest BCUT2D eigenvalue weighted by Gasteiger charge is -2.15. The molecule has 1 rings (SSSR count). The van der Waals surface area contributed by atoms with Gasteiger partial charge in [0.15, 0.2) is 11.4 Å². The van der Waals surface area contributed by atoms with Crippen molar-refractivity contribution < 1.29 is 9.47 Å². The van der Waals surface area contributed by atoms with Gasteiger partial charge in [-0.1, -0.05) is 35.0 Å². The fourth-order valence-corrected chi connectivity index (χ4v) is 2.05. The van der Waals surface area contributed by atoms with Crippen LogP contribution < -0.4 is 0 Å². The van der Waals surface area contributed by atoms with Crippen LogP contribution in [0.15, 0.2) is 5.16 Å². The molecule has 0 saturated carbocycles. The van der Waals surface area contributed by atoms with Crippen LogP contribution in [0, 0.1) is 0 Å². The summed E-state index contributed by atoms with van der Waals surface area (Å²) < 4.78 is 10.1. The van der Waals surface area contributed by atoms with Crippen molar-refractivity contribution in [2.45, 2.75) is 11.4 Å². The molecule has 0 aliphatic heterocycles. The third-order valence-corrected chi connectivity index (χ3v) is 2.80. The number of aromatic nitrogens is 2. The van der Waals surface area contributed by atoms with Crippen molar-refractivity contribution in [1.29, 1.82) is 0 Å². The molecule has 0 bridgehead atoms. The molecule has 0 aliphatic rings. The van der Waals surface area contributed by atoms with Gasteiger partial charge >= 0.3 is 0 Å². The second-order valence-electron chi connectivity index (χ2n) is 2.51. The first-order chi connectivity index (χ1) is 7.13. The van der Waals surface area contributed by atoms with Gasteiger partial charge in [-0.3, -0.25) is 0 Å². The smallest absolute Gasteiger partial charge is 0.190 e. The Hall–Kier alpha value is -0.0700. The number of ether oxygens (including phenoxy) is 2. The van der Waals surface area contributed by atoms with E-state index < -0.39 is 6.29 Å². The Labute approximate surface area is 102 Å². The molecule has 0 fully saturated rings. The summed E-state index contributed by atoms with van der Waals surface area (Å²) in [5.74, 6) is 0. The van der Waals surface area contributed by atoms with Crippen molar-refractivity contribution in [2.75, 3.05) is 20.5 Å². The maximum Gasteiger partial charge on any atom is 0.190 e. The fraction of sp³-hybridized carbons (Fsp3) is 0.500. The number of halogens is 2. The number of hydrogen-bond donors (Lipinski definition) is 0. The molecule has 0 saturated heterocycles. The van der Waals surface area contributed by atoms with Gasteiger partial charge in [-0.2, -0.15) is 0 Å². The highest BCUT2D eigenvalue weighted by atomic mass is 35.5. The van der Waals surface area contributed by atoms with Gasteiger partial charge in [0.25, 0.3) is 0 Å². The second-order valence-corrected chi connectivity index (χ2v) is 4.00. The Balaban J connectivity index is 3.18. The minimum Gasteiger partial charge on any atom is -0.351 e. The average molecular weight is 269 g/mol. The first-order valence-electron chi connectivity index (χ1n) is 3.96. The van der Waals surface area contributed by atoms with E-state index in [-0.39, 0.29) is 10.3 Å². The van der Waals surface area contributed by atoms with Crippen molar-refractivity contribution in [1.82, 2.24) is 9.97 Å². The third-order valence-electron chi connectivity index (χ3n) is 1.68. The highest BCUT2D eigenvalue weighted by Crippen LogP contribution is 2.31. The zero-order chi connectivity index (χ0) is 11.4. The predicted molar refractivity (Wildman–Crippen MR) is 60.6 cm³/mol. The average Bonchev–Trinajstić information content (AvgIpc) is 2.23. The van der Waals surface area contributed by atoms with E-state index >= 15 is 0 Å². The SMILES string of the molecule is COC(OC)c1c(Cl)nc(SC)nc1Cl. The topological polar surface area (TPSA) is 44.2 Å². The summed E-state index contributed by atoms with van der Waals surface area (Å²) in [5.41, 5.74) is 0.445. The first kappa shape index (κ1) is 13.0. The molecule has 0 N–H and O–H groups in total. The number of methoxy groups -OCH3 is 2. The van der Waals surface area contributed by atoms with Gasteiger partial charge in [-0.05, 0) is 6.26 Å². The van der Waals surface area contributed by atoms with Crippen LogP contribution in [0.2, 0.25) is 10.3 Å². The number of thioether (sulfide) groups is 1. The van der Waals surface area contributed by atoms with Crippen LogP contribution >= 0.6 is 35.0 Å². The van der Waals surface area contributed by atoms with E-state index in [4.69, 9.17) is 32.7 Å². The molecule has 0 atom stereocenters. The Morgan fingerprint density at radius 2 is 1.60 bits per heavy atom. The van der Waals surface area contributed by atoms with E-state index in [1.807, 2.05) is 6.26 Å². The molecule has 0 aromatic carbocycles. The molecular weight excluding hydrogens is 259 g/mol. The lowest BCUT2D eigenvalue weighted by Crippen LogP contribution is -2.08. The first-order valence-corrected chi connectivity index (χ1v) is 5.94. The fourth-order valence-electron chi connectivity index (χ4n) is 1.02. The molecule has 1 aromatic heterocycles. The van der Waals surface area contributed by atoms with Gasteiger partial charge in [0, 0.05) is 14.2 Å². The molecule has 1 heterocycles. The highest BCUT2D eigenvalue weighted by molar-refractivity contribution is 7.98. The highest BCUT2D eigenvalue weighted by Gasteiger charge is 2.20. The van der Waals surface area contributed by atoms with Gasteiger partial charge in [-0.25, -0.2) is 9.97 Å². The largest absolute Gasteiger partial charge is 0.351 e. The van der Waals surface area contributed by atoms with Crippen LogP contribution in [0.1, 0.15) is 11.9 Å². The number of hydrogen-bond acceptors (Lipinski definition) is 5. The zero-order valence-corrected chi connectivity index (χ0v) is 10.8. The van der Waals surface area contributed by atoms with Gasteiger partial charge in [0.2, 0.25) is 0 Å². The molecule has 7 heteroatoms. The minimum absolute atomic E-state index is 0.244. The van der Waals surface area contributed by atoms with Crippen molar-refractivity contribution >= 4 is 35.0 Å². The molecule has 0 aliphatic carbocycles. The zero-order valence-electron chi connectivity index (χ0n) is 8.45. The van der Waals surface area contributed by atoms with E-state index in [2.05, 4.69) is 9.97 Å². The standard InChI is InChI=1S/C8H10Cl2N2O2S/c1-13-7(14-2)4-5(9)11-8(15-3)12-6(4)10/h7H,1-3H3. The second kappa shape index (κ2) is 5.86. The van der Waals surface area contributed by atoms with E-state index in [9.17, 15) is 0 Å². The number of nitrogens with zero attached hydrogens (tertiary/aromatic N) is 2. The Kier molecular flexibility index (Phi) is 5.08. The van der Waals surface area contributed by atoms with Crippen LogP contribution in [0.4, 0.5) is 0 Å². The Morgan fingerprint density at radius 3 is 1.93 bits per heavy atom. The van der Waals surface area contributed by atoms with Crippen LogP contribution in [0.25, 0.3) is 0 Å². The summed E-state index contributed by atoms with van der Waals surface area (Å²) >= 11 is 13.3. The summed E-state index contributed by atoms with van der Waals surface area (Å²) in [6.07, 6.45) is 1.19. The molecule has 0 unspecified atom stereocenters. The summed E-state index contributed by atoms with van der Waals surface area (Å²) in [6.45, 7) is 0. The van der Waals surface area contributed by atoms with E-state index in [1.54, 1.807) is 0 Å². The molecular formula is C8H10Cl2N2O2S. The Morgan fingerprint density at radius 1 is 1.13 bits per heavy atom. The van der Waals surface area contributed by atoms with Crippen molar-refractivity contribution in [3.63, 3.8) is 0 Å². The molecule has 0 spiro atoms. The van der Waals surface area contributed by atoms with E-state index in [1.165, 1.54) is 26.0 Å². The lowest BCUT2D eigenvalue weighted by atomic mass is 10.3. The maximum absolute atomic E-state index is 5.96. The van der Waals surface area contributed by atoms with E-state index in [0.717, 1.165) is 0 Å². The molecule has 84 valence electrons. The van der Waals surface area contributed by atoms with Crippen LogP contribution in [0.5, 0.6) is 0 Å². The summed E-state index contributed by atoms with van der Waals surface area (Å²) in [5, 5.41) is 1.00. The molecule has 0 amide bonds. The molecule has 4 nitrogen and oxygen atoms in total. The molecule has 15 heavy (non-hydrogen) atoms. The minimum atomic E-state index is -0.652. The monoisotopic (exact) mass is 268 g/mol. The van der Waals surface area contributed by atoms with Crippen molar-refractivity contribution in [2.24, 2.45) is 0 Å². The van der Waals surface area contributed by atoms with Crippen LogP contribution in [0.3, 0.4) is 0 Å². The van der Waals surface area contributed by atoms with Crippen LogP contribution in [-0.2, 0) is 9.47 Å². The van der Waals surface area contributed by atoms with Crippen molar-refractivity contribution in [3.8, 4) is 0 Å². The van der Waals surface area contributed by atoms with Crippen molar-refractivity contribution in [3.05, 3.63) is 15.9 Å². The Bertz CT molecular complexity index is 324. The van der Waals surface area contributed by atoms with E-state index in [0.29, 0.717) is 10.7 Å².